The average Bonchev–Trinajstić information content (AvgIpc) is 2.45. The van der Waals surface area contributed by atoms with Crippen LogP contribution < -0.4 is 5.73 Å². The summed E-state index contributed by atoms with van der Waals surface area (Å²) in [7, 11) is 1.21. The minimum absolute atomic E-state index is 0. The highest BCUT2D eigenvalue weighted by molar-refractivity contribution is 5.91. The van der Waals surface area contributed by atoms with E-state index in [1.807, 2.05) is 0 Å². The monoisotopic (exact) mass is 305 g/mol. The van der Waals surface area contributed by atoms with Crippen molar-refractivity contribution >= 4 is 24.3 Å². The number of benzene rings is 1. The van der Waals surface area contributed by atoms with Gasteiger partial charge in [0, 0.05) is 0 Å². The van der Waals surface area contributed by atoms with E-state index >= 15 is 0 Å². The molecule has 0 spiro atoms. The van der Waals surface area contributed by atoms with Gasteiger partial charge in [-0.3, -0.25) is 0 Å². The molecule has 0 radical (unpaired) electrons. The number of esters is 2. The molecule has 7 heteroatoms. The zero-order valence-electron chi connectivity index (χ0n) is 11.2. The topological polar surface area (TPSA) is 78.6 Å². The summed E-state index contributed by atoms with van der Waals surface area (Å²) in [6.45, 7) is 1.63. The maximum absolute atomic E-state index is 13.9. The van der Waals surface area contributed by atoms with Crippen LogP contribution in [0.2, 0.25) is 0 Å². The number of halogens is 2. The Kier molecular flexibility index (Phi) is 7.79. The fourth-order valence-corrected chi connectivity index (χ4v) is 1.61. The number of nitrogens with two attached hydrogens (primary N) is 1. The van der Waals surface area contributed by atoms with Gasteiger partial charge >= 0.3 is 11.9 Å². The molecule has 2 atom stereocenters. The smallest absolute Gasteiger partial charge is 0.342 e. The lowest BCUT2D eigenvalue weighted by molar-refractivity contribution is -0.149. The van der Waals surface area contributed by atoms with Gasteiger partial charge in [0.15, 0.2) is 0 Å². The summed E-state index contributed by atoms with van der Waals surface area (Å²) in [5, 5.41) is 0. The maximum atomic E-state index is 13.9. The number of carbonyl (C=O) groups excluding carboxylic acids is 2. The van der Waals surface area contributed by atoms with Crippen LogP contribution in [0.1, 0.15) is 28.9 Å². The molecular weight excluding hydrogens is 289 g/mol. The van der Waals surface area contributed by atoms with Crippen molar-refractivity contribution in [2.45, 2.75) is 19.1 Å². The molecule has 0 aromatic heterocycles. The summed E-state index contributed by atoms with van der Waals surface area (Å²) in [5.41, 5.74) is 6.01. The van der Waals surface area contributed by atoms with Gasteiger partial charge in [0.1, 0.15) is 0 Å². The minimum atomic E-state index is -2.04. The van der Waals surface area contributed by atoms with Crippen LogP contribution in [0, 0.1) is 0 Å². The second-order valence-electron chi connectivity index (χ2n) is 3.76. The first kappa shape index (κ1) is 18.3. The van der Waals surface area contributed by atoms with E-state index in [0.717, 1.165) is 0 Å². The molecule has 0 aliphatic carbocycles. The number of hydrogen-bond donors (Lipinski definition) is 1. The second-order valence-corrected chi connectivity index (χ2v) is 3.76. The molecule has 5 nitrogen and oxygen atoms in total. The lowest BCUT2D eigenvalue weighted by Crippen LogP contribution is -2.32. The average molecular weight is 306 g/mol. The van der Waals surface area contributed by atoms with Gasteiger partial charge in [-0.2, -0.15) is 0 Å². The number of rotatable bonds is 5. The normalized spacial score (nSPS) is 12.8. The highest BCUT2D eigenvalue weighted by atomic mass is 35.5. The Morgan fingerprint density at radius 2 is 1.95 bits per heavy atom. The maximum Gasteiger partial charge on any atom is 0.342 e. The molecule has 0 amide bonds. The second kappa shape index (κ2) is 8.50. The summed E-state index contributed by atoms with van der Waals surface area (Å²) in [5.74, 6) is -1.68. The zero-order chi connectivity index (χ0) is 14.4. The van der Waals surface area contributed by atoms with Crippen molar-refractivity contribution in [1.29, 1.82) is 0 Å². The van der Waals surface area contributed by atoms with Crippen LogP contribution >= 0.6 is 12.4 Å². The van der Waals surface area contributed by atoms with Crippen LogP contribution in [-0.2, 0) is 14.3 Å². The predicted octanol–water partition coefficient (Wildman–Crippen LogP) is 1.80. The molecule has 112 valence electrons. The first-order chi connectivity index (χ1) is 9.02. The van der Waals surface area contributed by atoms with Gasteiger partial charge in [0.2, 0.25) is 6.17 Å². The molecule has 0 heterocycles. The Hall–Kier alpha value is -1.66. The van der Waals surface area contributed by atoms with Crippen molar-refractivity contribution < 1.29 is 23.5 Å². The van der Waals surface area contributed by atoms with Gasteiger partial charge in [-0.15, -0.1) is 12.4 Å². The zero-order valence-corrected chi connectivity index (χ0v) is 12.0. The molecule has 0 saturated heterocycles. The van der Waals surface area contributed by atoms with Gasteiger partial charge in [-0.05, 0) is 18.6 Å². The molecule has 20 heavy (non-hydrogen) atoms. The molecule has 0 saturated carbocycles. The number of methoxy groups -OCH3 is 1. The molecule has 1 aromatic carbocycles. The van der Waals surface area contributed by atoms with Gasteiger partial charge in [0.05, 0.1) is 25.3 Å². The van der Waals surface area contributed by atoms with Crippen molar-refractivity contribution in [3.63, 3.8) is 0 Å². The standard InChI is InChI=1S/C13H16FNO4.ClH/c1-3-19-13(17)10(14)11(15)8-6-4-5-7-9(8)12(16)18-2;/h4-7,10-11H,3,15H2,1-2H3;1H/t10?,11-;/m0./s1. The van der Waals surface area contributed by atoms with Crippen molar-refractivity contribution in [3.05, 3.63) is 35.4 Å². The molecular formula is C13H17ClFNO4. The van der Waals surface area contributed by atoms with Gasteiger partial charge < -0.3 is 15.2 Å². The Morgan fingerprint density at radius 1 is 1.35 bits per heavy atom. The van der Waals surface area contributed by atoms with Crippen LogP contribution in [-0.4, -0.2) is 31.8 Å². The van der Waals surface area contributed by atoms with E-state index in [1.165, 1.54) is 19.2 Å². The third kappa shape index (κ3) is 4.18. The molecule has 0 bridgehead atoms. The Balaban J connectivity index is 0.00000361. The molecule has 0 fully saturated rings. The SMILES string of the molecule is CCOC(=O)C(F)[C@@H](N)c1ccccc1C(=O)OC.Cl. The Labute approximate surface area is 122 Å². The number of alkyl halides is 1. The predicted molar refractivity (Wildman–Crippen MR) is 73.5 cm³/mol. The summed E-state index contributed by atoms with van der Waals surface area (Å²) >= 11 is 0. The fraction of sp³-hybridized carbons (Fsp3) is 0.385. The van der Waals surface area contributed by atoms with Crippen LogP contribution in [0.25, 0.3) is 0 Å². The summed E-state index contributed by atoms with van der Waals surface area (Å²) < 4.78 is 23.0. The van der Waals surface area contributed by atoms with Crippen LogP contribution in [0.4, 0.5) is 4.39 Å². The van der Waals surface area contributed by atoms with Crippen LogP contribution in [0.3, 0.4) is 0 Å². The van der Waals surface area contributed by atoms with Gasteiger partial charge in [-0.1, -0.05) is 18.2 Å². The van der Waals surface area contributed by atoms with Gasteiger partial charge in [-0.25, -0.2) is 14.0 Å². The summed E-state index contributed by atoms with van der Waals surface area (Å²) in [4.78, 5) is 22.9. The molecule has 0 aliphatic rings. The van der Waals surface area contributed by atoms with E-state index in [2.05, 4.69) is 9.47 Å². The van der Waals surface area contributed by atoms with Crippen molar-refractivity contribution in [2.24, 2.45) is 5.73 Å². The molecule has 2 N–H and O–H groups in total. The molecule has 1 aromatic rings. The quantitative estimate of drug-likeness (QED) is 0.839. The van der Waals surface area contributed by atoms with E-state index < -0.39 is 24.2 Å². The Bertz CT molecular complexity index is 469. The number of hydrogen-bond acceptors (Lipinski definition) is 5. The summed E-state index contributed by atoms with van der Waals surface area (Å²) in [6, 6.07) is 4.84. The molecule has 1 unspecified atom stereocenters. The highest BCUT2D eigenvalue weighted by Gasteiger charge is 2.30. The van der Waals surface area contributed by atoms with E-state index in [1.54, 1.807) is 19.1 Å². The van der Waals surface area contributed by atoms with Crippen molar-refractivity contribution in [1.82, 2.24) is 0 Å². The first-order valence-corrected chi connectivity index (χ1v) is 5.76. The largest absolute Gasteiger partial charge is 0.465 e. The lowest BCUT2D eigenvalue weighted by atomic mass is 9.97. The van der Waals surface area contributed by atoms with E-state index in [9.17, 15) is 14.0 Å². The number of ether oxygens (including phenoxy) is 2. The van der Waals surface area contributed by atoms with E-state index in [-0.39, 0.29) is 30.1 Å². The minimum Gasteiger partial charge on any atom is -0.465 e. The van der Waals surface area contributed by atoms with Crippen LogP contribution in [0.5, 0.6) is 0 Å². The molecule has 1 rings (SSSR count). The number of carbonyl (C=O) groups is 2. The van der Waals surface area contributed by atoms with E-state index in [0.29, 0.717) is 0 Å². The first-order valence-electron chi connectivity index (χ1n) is 5.76. The molecule has 0 aliphatic heterocycles. The fourth-order valence-electron chi connectivity index (χ4n) is 1.61. The highest BCUT2D eigenvalue weighted by Crippen LogP contribution is 2.22. The lowest BCUT2D eigenvalue weighted by Gasteiger charge is -2.18. The third-order valence-electron chi connectivity index (χ3n) is 2.55. The van der Waals surface area contributed by atoms with Crippen molar-refractivity contribution in [2.75, 3.05) is 13.7 Å². The third-order valence-corrected chi connectivity index (χ3v) is 2.55. The van der Waals surface area contributed by atoms with Crippen molar-refractivity contribution in [3.8, 4) is 0 Å². The summed E-state index contributed by atoms with van der Waals surface area (Å²) in [6.07, 6.45) is -2.04. The van der Waals surface area contributed by atoms with Crippen LogP contribution in [0.15, 0.2) is 24.3 Å². The van der Waals surface area contributed by atoms with Gasteiger partial charge in [0.25, 0.3) is 0 Å². The Morgan fingerprint density at radius 3 is 2.50 bits per heavy atom. The van der Waals surface area contributed by atoms with E-state index in [4.69, 9.17) is 5.73 Å².